The van der Waals surface area contributed by atoms with Crippen molar-refractivity contribution in [1.29, 1.82) is 5.26 Å². The monoisotopic (exact) mass is 259 g/mol. The Morgan fingerprint density at radius 2 is 2.05 bits per heavy atom. The third-order valence-electron chi connectivity index (χ3n) is 2.69. The normalized spacial score (nSPS) is 11.7. The minimum Gasteiger partial charge on any atom is -0.377 e. The summed E-state index contributed by atoms with van der Waals surface area (Å²) >= 11 is 0. The lowest BCUT2D eigenvalue weighted by atomic mass is 10.1. The van der Waals surface area contributed by atoms with E-state index in [0.29, 0.717) is 16.9 Å². The second-order valence-electron chi connectivity index (χ2n) is 4.08. The summed E-state index contributed by atoms with van der Waals surface area (Å²) in [6.07, 6.45) is 1.50. The van der Waals surface area contributed by atoms with Gasteiger partial charge in [-0.1, -0.05) is 6.07 Å². The number of pyridine rings is 1. The van der Waals surface area contributed by atoms with E-state index in [-0.39, 0.29) is 6.04 Å². The SMILES string of the molecule is CC(Nc1ccc(C#N)nc1)c1ccc(F)cc1F. The fourth-order valence-corrected chi connectivity index (χ4v) is 1.73. The number of aromatic nitrogens is 1. The molecule has 1 heterocycles. The third-order valence-corrected chi connectivity index (χ3v) is 2.69. The average molecular weight is 259 g/mol. The number of nitriles is 1. The van der Waals surface area contributed by atoms with Gasteiger partial charge in [-0.25, -0.2) is 13.8 Å². The number of hydrogen-bond acceptors (Lipinski definition) is 3. The maximum Gasteiger partial charge on any atom is 0.140 e. The highest BCUT2D eigenvalue weighted by atomic mass is 19.1. The maximum atomic E-state index is 13.6. The Bertz CT molecular complexity index is 618. The molecule has 0 bridgehead atoms. The summed E-state index contributed by atoms with van der Waals surface area (Å²) < 4.78 is 26.4. The second-order valence-corrected chi connectivity index (χ2v) is 4.08. The molecule has 0 aliphatic carbocycles. The molecule has 1 unspecified atom stereocenters. The lowest BCUT2D eigenvalue weighted by Crippen LogP contribution is -2.09. The molecule has 1 aromatic carbocycles. The molecule has 0 aliphatic rings. The minimum absolute atomic E-state index is 0.311. The van der Waals surface area contributed by atoms with Crippen LogP contribution in [0, 0.1) is 23.0 Å². The molecule has 1 atom stereocenters. The fourth-order valence-electron chi connectivity index (χ4n) is 1.73. The molecular weight excluding hydrogens is 248 g/mol. The van der Waals surface area contributed by atoms with Gasteiger partial charge in [0.1, 0.15) is 23.4 Å². The highest BCUT2D eigenvalue weighted by Crippen LogP contribution is 2.21. The van der Waals surface area contributed by atoms with Gasteiger partial charge < -0.3 is 5.32 Å². The molecule has 5 heteroatoms. The zero-order chi connectivity index (χ0) is 13.8. The van der Waals surface area contributed by atoms with E-state index in [4.69, 9.17) is 5.26 Å². The number of nitrogens with one attached hydrogen (secondary N) is 1. The van der Waals surface area contributed by atoms with Crippen LogP contribution in [0.25, 0.3) is 0 Å². The summed E-state index contributed by atoms with van der Waals surface area (Å²) in [7, 11) is 0. The van der Waals surface area contributed by atoms with E-state index < -0.39 is 11.6 Å². The first-order valence-corrected chi connectivity index (χ1v) is 5.68. The summed E-state index contributed by atoms with van der Waals surface area (Å²) in [6, 6.07) is 8.30. The average Bonchev–Trinajstić information content (AvgIpc) is 2.39. The smallest absolute Gasteiger partial charge is 0.140 e. The van der Waals surface area contributed by atoms with Crippen LogP contribution in [0.15, 0.2) is 36.5 Å². The molecule has 2 aromatic rings. The van der Waals surface area contributed by atoms with Gasteiger partial charge in [-0.2, -0.15) is 5.26 Å². The Morgan fingerprint density at radius 3 is 2.63 bits per heavy atom. The zero-order valence-corrected chi connectivity index (χ0v) is 10.2. The number of nitrogens with zero attached hydrogens (tertiary/aromatic N) is 2. The van der Waals surface area contributed by atoms with E-state index >= 15 is 0 Å². The Kier molecular flexibility index (Phi) is 3.71. The molecule has 1 aromatic heterocycles. The van der Waals surface area contributed by atoms with Crippen LogP contribution in [0.5, 0.6) is 0 Å². The molecule has 2 rings (SSSR count). The molecule has 0 saturated carbocycles. The van der Waals surface area contributed by atoms with Crippen molar-refractivity contribution in [2.45, 2.75) is 13.0 Å². The van der Waals surface area contributed by atoms with Gasteiger partial charge in [-0.05, 0) is 25.1 Å². The molecule has 0 saturated heterocycles. The van der Waals surface area contributed by atoms with Crippen LogP contribution in [0.3, 0.4) is 0 Å². The van der Waals surface area contributed by atoms with Crippen LogP contribution in [0.1, 0.15) is 24.2 Å². The van der Waals surface area contributed by atoms with Gasteiger partial charge >= 0.3 is 0 Å². The topological polar surface area (TPSA) is 48.7 Å². The number of halogens is 2. The Morgan fingerprint density at radius 1 is 1.26 bits per heavy atom. The molecule has 3 nitrogen and oxygen atoms in total. The third kappa shape index (κ3) is 3.05. The first kappa shape index (κ1) is 13.0. The van der Waals surface area contributed by atoms with Gasteiger partial charge in [0.2, 0.25) is 0 Å². The van der Waals surface area contributed by atoms with E-state index in [1.807, 2.05) is 6.07 Å². The molecule has 96 valence electrons. The lowest BCUT2D eigenvalue weighted by Gasteiger charge is -2.16. The fraction of sp³-hybridized carbons (Fsp3) is 0.143. The van der Waals surface area contributed by atoms with Crippen LogP contribution in [-0.4, -0.2) is 4.98 Å². The van der Waals surface area contributed by atoms with Crippen molar-refractivity contribution >= 4 is 5.69 Å². The van der Waals surface area contributed by atoms with Crippen molar-refractivity contribution in [1.82, 2.24) is 4.98 Å². The molecular formula is C14H11F2N3. The van der Waals surface area contributed by atoms with E-state index in [1.165, 1.54) is 18.3 Å². The highest BCUT2D eigenvalue weighted by molar-refractivity contribution is 5.45. The van der Waals surface area contributed by atoms with Crippen LogP contribution in [0.2, 0.25) is 0 Å². The van der Waals surface area contributed by atoms with Gasteiger partial charge in [0, 0.05) is 11.6 Å². The quantitative estimate of drug-likeness (QED) is 0.918. The summed E-state index contributed by atoms with van der Waals surface area (Å²) in [6.45, 7) is 1.76. The second kappa shape index (κ2) is 5.44. The van der Waals surface area contributed by atoms with E-state index in [2.05, 4.69) is 10.3 Å². The van der Waals surface area contributed by atoms with Crippen molar-refractivity contribution in [3.05, 3.63) is 59.4 Å². The highest BCUT2D eigenvalue weighted by Gasteiger charge is 2.11. The van der Waals surface area contributed by atoms with Crippen LogP contribution < -0.4 is 5.32 Å². The molecule has 0 amide bonds. The molecule has 19 heavy (non-hydrogen) atoms. The van der Waals surface area contributed by atoms with E-state index in [1.54, 1.807) is 19.1 Å². The summed E-state index contributed by atoms with van der Waals surface area (Å²) in [5.41, 5.74) is 1.34. The summed E-state index contributed by atoms with van der Waals surface area (Å²) in [5, 5.41) is 11.7. The Labute approximate surface area is 109 Å². The van der Waals surface area contributed by atoms with Crippen molar-refractivity contribution in [2.24, 2.45) is 0 Å². The van der Waals surface area contributed by atoms with Crippen molar-refractivity contribution < 1.29 is 8.78 Å². The van der Waals surface area contributed by atoms with Crippen molar-refractivity contribution in [3.63, 3.8) is 0 Å². The number of rotatable bonds is 3. The summed E-state index contributed by atoms with van der Waals surface area (Å²) in [5.74, 6) is -1.20. The van der Waals surface area contributed by atoms with Gasteiger partial charge in [0.25, 0.3) is 0 Å². The number of anilines is 1. The van der Waals surface area contributed by atoms with Crippen LogP contribution >= 0.6 is 0 Å². The largest absolute Gasteiger partial charge is 0.377 e. The molecule has 1 N–H and O–H groups in total. The lowest BCUT2D eigenvalue weighted by molar-refractivity contribution is 0.566. The van der Waals surface area contributed by atoms with Gasteiger partial charge in [0.15, 0.2) is 0 Å². The first-order chi connectivity index (χ1) is 9.10. The molecule has 0 radical (unpaired) electrons. The maximum absolute atomic E-state index is 13.6. The molecule has 0 aliphatic heterocycles. The first-order valence-electron chi connectivity index (χ1n) is 5.68. The minimum atomic E-state index is -0.603. The van der Waals surface area contributed by atoms with E-state index in [9.17, 15) is 8.78 Å². The van der Waals surface area contributed by atoms with Gasteiger partial charge in [-0.15, -0.1) is 0 Å². The van der Waals surface area contributed by atoms with Crippen LogP contribution in [0.4, 0.5) is 14.5 Å². The number of hydrogen-bond donors (Lipinski definition) is 1. The molecule has 0 fully saturated rings. The molecule has 0 spiro atoms. The summed E-state index contributed by atoms with van der Waals surface area (Å²) in [4.78, 5) is 3.90. The van der Waals surface area contributed by atoms with E-state index in [0.717, 1.165) is 6.07 Å². The Hall–Kier alpha value is -2.48. The van der Waals surface area contributed by atoms with Gasteiger partial charge in [-0.3, -0.25) is 0 Å². The Balaban J connectivity index is 2.16. The van der Waals surface area contributed by atoms with Crippen molar-refractivity contribution in [3.8, 4) is 6.07 Å². The predicted octanol–water partition coefficient (Wildman–Crippen LogP) is 3.40. The van der Waals surface area contributed by atoms with Gasteiger partial charge in [0.05, 0.1) is 17.9 Å². The van der Waals surface area contributed by atoms with Crippen molar-refractivity contribution in [2.75, 3.05) is 5.32 Å². The standard InChI is InChI=1S/C14H11F2N3/c1-9(13-5-2-10(15)6-14(13)16)19-12-4-3-11(7-17)18-8-12/h2-6,8-9,19H,1H3. The number of benzene rings is 1. The van der Waals surface area contributed by atoms with Crippen LogP contribution in [-0.2, 0) is 0 Å². The zero-order valence-electron chi connectivity index (χ0n) is 10.2. The predicted molar refractivity (Wildman–Crippen MR) is 67.3 cm³/mol.